The SMILES string of the molecule is COc1ccc2c(c1CCN)CCCCC2. The summed E-state index contributed by atoms with van der Waals surface area (Å²) in [5.41, 5.74) is 10.1. The second-order valence-electron chi connectivity index (χ2n) is 4.48. The third-order valence-electron chi connectivity index (χ3n) is 3.47. The van der Waals surface area contributed by atoms with E-state index in [-0.39, 0.29) is 0 Å². The molecule has 0 atom stereocenters. The van der Waals surface area contributed by atoms with Crippen LogP contribution in [0.4, 0.5) is 0 Å². The maximum absolute atomic E-state index is 5.70. The first-order valence-corrected chi connectivity index (χ1v) is 6.24. The summed E-state index contributed by atoms with van der Waals surface area (Å²) in [5.74, 6) is 1.02. The van der Waals surface area contributed by atoms with Crippen LogP contribution in [0.1, 0.15) is 36.0 Å². The number of benzene rings is 1. The van der Waals surface area contributed by atoms with Crippen LogP contribution in [-0.4, -0.2) is 13.7 Å². The van der Waals surface area contributed by atoms with Crippen molar-refractivity contribution < 1.29 is 4.74 Å². The monoisotopic (exact) mass is 219 g/mol. The highest BCUT2D eigenvalue weighted by molar-refractivity contribution is 5.46. The Hall–Kier alpha value is -1.02. The lowest BCUT2D eigenvalue weighted by Gasteiger charge is -2.16. The average molecular weight is 219 g/mol. The predicted octanol–water partition coefficient (Wildman–Crippen LogP) is 2.47. The highest BCUT2D eigenvalue weighted by Crippen LogP contribution is 2.30. The van der Waals surface area contributed by atoms with Gasteiger partial charge in [0.25, 0.3) is 0 Å². The van der Waals surface area contributed by atoms with E-state index in [1.165, 1.54) is 48.8 Å². The Labute approximate surface area is 97.8 Å². The molecule has 0 bridgehead atoms. The van der Waals surface area contributed by atoms with Gasteiger partial charge >= 0.3 is 0 Å². The van der Waals surface area contributed by atoms with E-state index in [0.717, 1.165) is 12.2 Å². The van der Waals surface area contributed by atoms with Gasteiger partial charge < -0.3 is 10.5 Å². The molecule has 0 aliphatic heterocycles. The van der Waals surface area contributed by atoms with Crippen LogP contribution in [0, 0.1) is 0 Å². The lowest BCUT2D eigenvalue weighted by molar-refractivity contribution is 0.408. The van der Waals surface area contributed by atoms with Gasteiger partial charge in [-0.2, -0.15) is 0 Å². The number of hydrogen-bond acceptors (Lipinski definition) is 2. The van der Waals surface area contributed by atoms with Gasteiger partial charge in [-0.1, -0.05) is 12.5 Å². The van der Waals surface area contributed by atoms with Gasteiger partial charge in [0.05, 0.1) is 7.11 Å². The zero-order valence-electron chi connectivity index (χ0n) is 10.1. The summed E-state index contributed by atoms with van der Waals surface area (Å²) in [6.07, 6.45) is 7.32. The van der Waals surface area contributed by atoms with Crippen molar-refractivity contribution in [1.82, 2.24) is 0 Å². The summed E-state index contributed by atoms with van der Waals surface area (Å²) >= 11 is 0. The van der Waals surface area contributed by atoms with E-state index in [1.807, 2.05) is 0 Å². The van der Waals surface area contributed by atoms with Crippen LogP contribution in [0.25, 0.3) is 0 Å². The van der Waals surface area contributed by atoms with Crippen molar-refractivity contribution in [3.8, 4) is 5.75 Å². The lowest BCUT2D eigenvalue weighted by Crippen LogP contribution is -2.08. The van der Waals surface area contributed by atoms with Crippen molar-refractivity contribution in [3.63, 3.8) is 0 Å². The van der Waals surface area contributed by atoms with E-state index in [1.54, 1.807) is 7.11 Å². The summed E-state index contributed by atoms with van der Waals surface area (Å²) in [7, 11) is 1.75. The molecule has 0 spiro atoms. The second-order valence-corrected chi connectivity index (χ2v) is 4.48. The quantitative estimate of drug-likeness (QED) is 0.793. The van der Waals surface area contributed by atoms with Gasteiger partial charge in [-0.25, -0.2) is 0 Å². The molecule has 1 aliphatic rings. The summed E-state index contributed by atoms with van der Waals surface area (Å²) in [6.45, 7) is 0.701. The van der Waals surface area contributed by atoms with Gasteiger partial charge in [-0.15, -0.1) is 0 Å². The Balaban J connectivity index is 2.43. The minimum Gasteiger partial charge on any atom is -0.496 e. The largest absolute Gasteiger partial charge is 0.496 e. The molecule has 1 aromatic carbocycles. The first-order valence-electron chi connectivity index (χ1n) is 6.24. The molecule has 2 N–H and O–H groups in total. The summed E-state index contributed by atoms with van der Waals surface area (Å²) in [6, 6.07) is 4.34. The molecule has 1 aromatic rings. The van der Waals surface area contributed by atoms with Crippen LogP contribution in [-0.2, 0) is 19.3 Å². The highest BCUT2D eigenvalue weighted by atomic mass is 16.5. The topological polar surface area (TPSA) is 35.2 Å². The summed E-state index contributed by atoms with van der Waals surface area (Å²) in [4.78, 5) is 0. The maximum atomic E-state index is 5.70. The van der Waals surface area contributed by atoms with Crippen LogP contribution < -0.4 is 10.5 Å². The number of methoxy groups -OCH3 is 1. The van der Waals surface area contributed by atoms with E-state index in [4.69, 9.17) is 10.5 Å². The van der Waals surface area contributed by atoms with E-state index >= 15 is 0 Å². The minimum absolute atomic E-state index is 0.701. The molecule has 16 heavy (non-hydrogen) atoms. The molecule has 0 amide bonds. The molecule has 0 radical (unpaired) electrons. The van der Waals surface area contributed by atoms with E-state index in [9.17, 15) is 0 Å². The van der Waals surface area contributed by atoms with Crippen molar-refractivity contribution in [1.29, 1.82) is 0 Å². The second kappa shape index (κ2) is 5.35. The third-order valence-corrected chi connectivity index (χ3v) is 3.47. The molecule has 0 heterocycles. The lowest BCUT2D eigenvalue weighted by atomic mass is 9.94. The molecule has 0 fully saturated rings. The van der Waals surface area contributed by atoms with E-state index in [0.29, 0.717) is 6.54 Å². The van der Waals surface area contributed by atoms with Crippen molar-refractivity contribution in [3.05, 3.63) is 28.8 Å². The fraction of sp³-hybridized carbons (Fsp3) is 0.571. The fourth-order valence-electron chi connectivity index (χ4n) is 2.67. The first-order chi connectivity index (χ1) is 7.86. The maximum Gasteiger partial charge on any atom is 0.122 e. The molecule has 0 saturated carbocycles. The Morgan fingerprint density at radius 1 is 1.19 bits per heavy atom. The molecule has 88 valence electrons. The van der Waals surface area contributed by atoms with Gasteiger partial charge in [0.2, 0.25) is 0 Å². The Morgan fingerprint density at radius 2 is 2.00 bits per heavy atom. The van der Waals surface area contributed by atoms with Crippen molar-refractivity contribution in [2.45, 2.75) is 38.5 Å². The molecule has 0 saturated heterocycles. The number of hydrogen-bond donors (Lipinski definition) is 1. The van der Waals surface area contributed by atoms with Gasteiger partial charge in [0.15, 0.2) is 0 Å². The van der Waals surface area contributed by atoms with Crippen LogP contribution >= 0.6 is 0 Å². The van der Waals surface area contributed by atoms with Crippen molar-refractivity contribution >= 4 is 0 Å². The normalized spacial score (nSPS) is 15.4. The zero-order valence-corrected chi connectivity index (χ0v) is 10.1. The number of aryl methyl sites for hydroxylation is 1. The number of fused-ring (bicyclic) bond motifs is 1. The average Bonchev–Trinajstić information content (AvgIpc) is 2.55. The van der Waals surface area contributed by atoms with Gasteiger partial charge in [0, 0.05) is 0 Å². The summed E-state index contributed by atoms with van der Waals surface area (Å²) < 4.78 is 5.45. The van der Waals surface area contributed by atoms with Gasteiger partial charge in [0.1, 0.15) is 5.75 Å². The van der Waals surface area contributed by atoms with Gasteiger partial charge in [-0.05, 0) is 61.4 Å². The smallest absolute Gasteiger partial charge is 0.122 e. The standard InChI is InChI=1S/C14H21NO/c1-16-14-8-7-11-5-3-2-4-6-12(11)13(14)9-10-15/h7-8H,2-6,9-10,15H2,1H3. The van der Waals surface area contributed by atoms with Crippen molar-refractivity contribution in [2.24, 2.45) is 5.73 Å². The summed E-state index contributed by atoms with van der Waals surface area (Å²) in [5, 5.41) is 0. The molecular formula is C14H21NO. The van der Waals surface area contributed by atoms with E-state index < -0.39 is 0 Å². The number of rotatable bonds is 3. The Kier molecular flexibility index (Phi) is 3.83. The first kappa shape index (κ1) is 11.5. The number of nitrogens with two attached hydrogens (primary N) is 1. The Bertz CT molecular complexity index is 360. The van der Waals surface area contributed by atoms with Gasteiger partial charge in [-0.3, -0.25) is 0 Å². The molecular weight excluding hydrogens is 198 g/mol. The molecule has 0 unspecified atom stereocenters. The molecule has 2 nitrogen and oxygen atoms in total. The van der Waals surface area contributed by atoms with Crippen LogP contribution in [0.5, 0.6) is 5.75 Å². The minimum atomic E-state index is 0.701. The zero-order chi connectivity index (χ0) is 11.4. The van der Waals surface area contributed by atoms with E-state index in [2.05, 4.69) is 12.1 Å². The highest BCUT2D eigenvalue weighted by Gasteiger charge is 2.15. The van der Waals surface area contributed by atoms with Crippen LogP contribution in [0.3, 0.4) is 0 Å². The number of ether oxygens (including phenoxy) is 1. The molecule has 1 aliphatic carbocycles. The fourth-order valence-corrected chi connectivity index (χ4v) is 2.67. The van der Waals surface area contributed by atoms with Crippen LogP contribution in [0.15, 0.2) is 12.1 Å². The van der Waals surface area contributed by atoms with Crippen LogP contribution in [0.2, 0.25) is 0 Å². The predicted molar refractivity (Wildman–Crippen MR) is 67.0 cm³/mol. The molecule has 0 aromatic heterocycles. The Morgan fingerprint density at radius 3 is 2.75 bits per heavy atom. The van der Waals surface area contributed by atoms with Crippen molar-refractivity contribution in [2.75, 3.05) is 13.7 Å². The molecule has 2 heteroatoms. The molecule has 2 rings (SSSR count). The third kappa shape index (κ3) is 2.22.